The van der Waals surface area contributed by atoms with Crippen LogP contribution < -0.4 is 5.32 Å². The Labute approximate surface area is 117 Å². The molecule has 1 spiro atoms. The van der Waals surface area contributed by atoms with E-state index < -0.39 is 0 Å². The number of hydrogen-bond donors (Lipinski definition) is 1. The predicted octanol–water partition coefficient (Wildman–Crippen LogP) is 4.23. The second kappa shape index (κ2) is 4.63. The van der Waals surface area contributed by atoms with Crippen LogP contribution in [0.1, 0.15) is 63.5 Å². The van der Waals surface area contributed by atoms with Gasteiger partial charge in [0.25, 0.3) is 0 Å². The van der Waals surface area contributed by atoms with E-state index in [2.05, 4.69) is 50.4 Å². The highest BCUT2D eigenvalue weighted by atomic mass is 14.9. The fourth-order valence-corrected chi connectivity index (χ4v) is 4.10. The minimum Gasteiger partial charge on any atom is -0.316 e. The summed E-state index contributed by atoms with van der Waals surface area (Å²) in [5.74, 6) is 0.740. The third-order valence-electron chi connectivity index (χ3n) is 5.34. The van der Waals surface area contributed by atoms with Gasteiger partial charge in [0.1, 0.15) is 0 Å². The van der Waals surface area contributed by atoms with Crippen LogP contribution >= 0.6 is 0 Å². The average molecular weight is 257 g/mol. The first-order chi connectivity index (χ1) is 9.01. The van der Waals surface area contributed by atoms with E-state index in [0.717, 1.165) is 5.92 Å². The Morgan fingerprint density at radius 2 is 1.68 bits per heavy atom. The molecule has 2 aliphatic rings. The van der Waals surface area contributed by atoms with E-state index in [1.807, 2.05) is 0 Å². The van der Waals surface area contributed by atoms with Crippen LogP contribution in [0.25, 0.3) is 0 Å². The van der Waals surface area contributed by atoms with Crippen molar-refractivity contribution in [1.82, 2.24) is 5.32 Å². The number of nitrogens with one attached hydrogen (secondary N) is 1. The molecule has 2 fully saturated rings. The van der Waals surface area contributed by atoms with Gasteiger partial charge in [-0.3, -0.25) is 0 Å². The lowest BCUT2D eigenvalue weighted by molar-refractivity contribution is 0.295. The largest absolute Gasteiger partial charge is 0.316 e. The quantitative estimate of drug-likeness (QED) is 0.794. The molecule has 0 amide bonds. The Morgan fingerprint density at radius 3 is 2.26 bits per heavy atom. The number of benzene rings is 1. The Hall–Kier alpha value is -0.820. The monoisotopic (exact) mass is 257 g/mol. The molecule has 1 heteroatoms. The van der Waals surface area contributed by atoms with E-state index in [-0.39, 0.29) is 5.41 Å². The van der Waals surface area contributed by atoms with Crippen LogP contribution in [0.5, 0.6) is 0 Å². The SMILES string of the molecule is CC(C)(C)c1ccc(C2CNCC23CCCC3)cc1. The molecule has 1 aliphatic heterocycles. The third-order valence-corrected chi connectivity index (χ3v) is 5.34. The molecule has 19 heavy (non-hydrogen) atoms. The van der Waals surface area contributed by atoms with Crippen molar-refractivity contribution in [3.63, 3.8) is 0 Å². The van der Waals surface area contributed by atoms with Crippen molar-refractivity contribution in [1.29, 1.82) is 0 Å². The molecule has 1 unspecified atom stereocenters. The van der Waals surface area contributed by atoms with E-state index >= 15 is 0 Å². The van der Waals surface area contributed by atoms with Crippen molar-refractivity contribution >= 4 is 0 Å². The van der Waals surface area contributed by atoms with Gasteiger partial charge in [0.2, 0.25) is 0 Å². The molecule has 1 atom stereocenters. The van der Waals surface area contributed by atoms with Crippen LogP contribution in [-0.2, 0) is 5.41 Å². The van der Waals surface area contributed by atoms with Crippen molar-refractivity contribution in [3.8, 4) is 0 Å². The smallest absolute Gasteiger partial charge is 0.00320 e. The van der Waals surface area contributed by atoms with E-state index in [4.69, 9.17) is 0 Å². The van der Waals surface area contributed by atoms with Crippen LogP contribution in [0.4, 0.5) is 0 Å². The molecular weight excluding hydrogens is 230 g/mol. The zero-order valence-electron chi connectivity index (χ0n) is 12.6. The Kier molecular flexibility index (Phi) is 3.21. The molecule has 1 aromatic rings. The molecule has 3 rings (SSSR count). The topological polar surface area (TPSA) is 12.0 Å². The summed E-state index contributed by atoms with van der Waals surface area (Å²) >= 11 is 0. The van der Waals surface area contributed by atoms with Crippen LogP contribution in [0.15, 0.2) is 24.3 Å². The highest BCUT2D eigenvalue weighted by Gasteiger charge is 2.45. The standard InChI is InChI=1S/C18H27N/c1-17(2,3)15-8-6-14(7-9-15)16-12-19-13-18(16)10-4-5-11-18/h6-9,16,19H,4-5,10-13H2,1-3H3. The maximum atomic E-state index is 3.65. The van der Waals surface area contributed by atoms with Gasteiger partial charge in [-0.15, -0.1) is 0 Å². The van der Waals surface area contributed by atoms with E-state index in [1.54, 1.807) is 5.56 Å². The van der Waals surface area contributed by atoms with Crippen LogP contribution in [-0.4, -0.2) is 13.1 Å². The first-order valence-electron chi connectivity index (χ1n) is 7.82. The lowest BCUT2D eigenvalue weighted by atomic mass is 9.73. The third kappa shape index (κ3) is 2.33. The zero-order valence-corrected chi connectivity index (χ0v) is 12.6. The highest BCUT2D eigenvalue weighted by molar-refractivity contribution is 5.32. The molecule has 1 heterocycles. The van der Waals surface area contributed by atoms with Gasteiger partial charge < -0.3 is 5.32 Å². The van der Waals surface area contributed by atoms with Crippen molar-refractivity contribution < 1.29 is 0 Å². The van der Waals surface area contributed by atoms with Crippen LogP contribution in [0.3, 0.4) is 0 Å². The summed E-state index contributed by atoms with van der Waals surface area (Å²) in [7, 11) is 0. The average Bonchev–Trinajstić information content (AvgIpc) is 3.00. The van der Waals surface area contributed by atoms with Gasteiger partial charge in [0, 0.05) is 19.0 Å². The fraction of sp³-hybridized carbons (Fsp3) is 0.667. The summed E-state index contributed by atoms with van der Waals surface area (Å²) < 4.78 is 0. The van der Waals surface area contributed by atoms with Crippen LogP contribution in [0.2, 0.25) is 0 Å². The summed E-state index contributed by atoms with van der Waals surface area (Å²) in [6.07, 6.45) is 5.70. The van der Waals surface area contributed by atoms with Crippen molar-refractivity contribution in [2.24, 2.45) is 5.41 Å². The molecule has 0 radical (unpaired) electrons. The van der Waals surface area contributed by atoms with Gasteiger partial charge >= 0.3 is 0 Å². The molecule has 1 aliphatic carbocycles. The van der Waals surface area contributed by atoms with Crippen molar-refractivity contribution in [2.45, 2.75) is 57.8 Å². The summed E-state index contributed by atoms with van der Waals surface area (Å²) in [5, 5.41) is 3.65. The van der Waals surface area contributed by atoms with E-state index in [1.165, 1.54) is 44.3 Å². The summed E-state index contributed by atoms with van der Waals surface area (Å²) in [5.41, 5.74) is 3.84. The summed E-state index contributed by atoms with van der Waals surface area (Å²) in [6.45, 7) is 9.28. The van der Waals surface area contributed by atoms with Gasteiger partial charge in [-0.05, 0) is 34.8 Å². The van der Waals surface area contributed by atoms with Crippen molar-refractivity contribution in [2.75, 3.05) is 13.1 Å². The zero-order chi connectivity index (χ0) is 13.5. The lowest BCUT2D eigenvalue weighted by Crippen LogP contribution is -2.25. The molecule has 0 aromatic heterocycles. The minimum absolute atomic E-state index is 0.261. The molecule has 1 saturated carbocycles. The molecule has 1 aromatic carbocycles. The second-order valence-corrected chi connectivity index (χ2v) is 7.62. The normalized spacial score (nSPS) is 26.2. The fourth-order valence-electron chi connectivity index (χ4n) is 4.10. The second-order valence-electron chi connectivity index (χ2n) is 7.62. The van der Waals surface area contributed by atoms with E-state index in [0.29, 0.717) is 5.41 Å². The number of hydrogen-bond acceptors (Lipinski definition) is 1. The molecule has 1 saturated heterocycles. The van der Waals surface area contributed by atoms with Gasteiger partial charge in [0.15, 0.2) is 0 Å². The molecular formula is C18H27N. The van der Waals surface area contributed by atoms with E-state index in [9.17, 15) is 0 Å². The Bertz CT molecular complexity index is 426. The molecule has 0 bridgehead atoms. The lowest BCUT2D eigenvalue weighted by Gasteiger charge is -2.31. The molecule has 104 valence electrons. The van der Waals surface area contributed by atoms with Gasteiger partial charge in [-0.25, -0.2) is 0 Å². The van der Waals surface area contributed by atoms with Gasteiger partial charge in [-0.1, -0.05) is 57.9 Å². The molecule has 1 N–H and O–H groups in total. The molecule has 1 nitrogen and oxygen atoms in total. The first-order valence-corrected chi connectivity index (χ1v) is 7.82. The van der Waals surface area contributed by atoms with Gasteiger partial charge in [0.05, 0.1) is 0 Å². The predicted molar refractivity (Wildman–Crippen MR) is 81.7 cm³/mol. The van der Waals surface area contributed by atoms with Gasteiger partial charge in [-0.2, -0.15) is 0 Å². The minimum atomic E-state index is 0.261. The summed E-state index contributed by atoms with van der Waals surface area (Å²) in [6, 6.07) is 9.46. The van der Waals surface area contributed by atoms with Crippen LogP contribution in [0, 0.1) is 5.41 Å². The highest BCUT2D eigenvalue weighted by Crippen LogP contribution is 2.50. The van der Waals surface area contributed by atoms with Crippen molar-refractivity contribution in [3.05, 3.63) is 35.4 Å². The number of rotatable bonds is 1. The Morgan fingerprint density at radius 1 is 1.05 bits per heavy atom. The first kappa shape index (κ1) is 13.2. The summed E-state index contributed by atoms with van der Waals surface area (Å²) in [4.78, 5) is 0. The maximum absolute atomic E-state index is 3.65. The maximum Gasteiger partial charge on any atom is 0.00320 e. The Balaban J connectivity index is 1.86.